The van der Waals surface area contributed by atoms with E-state index < -0.39 is 12.2 Å². The molecule has 0 aromatic heterocycles. The number of carbonyl (C=O) groups is 1. The van der Waals surface area contributed by atoms with Crippen LogP contribution in [0.15, 0.2) is 41.4 Å². The van der Waals surface area contributed by atoms with Crippen molar-refractivity contribution >= 4 is 23.0 Å². The number of phenols is 1. The summed E-state index contributed by atoms with van der Waals surface area (Å²) < 4.78 is 0. The number of rotatable bonds is 3. The lowest BCUT2D eigenvalue weighted by Gasteiger charge is -2.05. The molecular weight excluding hydrogens is 234 g/mol. The molecule has 0 aliphatic rings. The lowest BCUT2D eigenvalue weighted by molar-refractivity contribution is -0.146. The molecule has 2 rings (SSSR count). The van der Waals surface area contributed by atoms with Crippen molar-refractivity contribution < 1.29 is 20.1 Å². The Morgan fingerprint density at radius 1 is 1.22 bits per heavy atom. The number of benzene rings is 2. The van der Waals surface area contributed by atoms with E-state index in [0.29, 0.717) is 5.56 Å². The van der Waals surface area contributed by atoms with E-state index in [1.54, 1.807) is 18.2 Å². The van der Waals surface area contributed by atoms with Gasteiger partial charge in [-0.2, -0.15) is 0 Å². The third-order valence-corrected chi connectivity index (χ3v) is 2.51. The highest BCUT2D eigenvalue weighted by Gasteiger charge is 2.10. The Labute approximate surface area is 103 Å². The van der Waals surface area contributed by atoms with Crippen LogP contribution in [0.1, 0.15) is 5.56 Å². The van der Waals surface area contributed by atoms with Crippen LogP contribution < -0.4 is 0 Å². The maximum atomic E-state index is 10.4. The highest BCUT2D eigenvalue weighted by atomic mass is 16.4. The molecule has 2 aromatic carbocycles. The van der Waals surface area contributed by atoms with Crippen molar-refractivity contribution in [2.75, 3.05) is 0 Å². The van der Waals surface area contributed by atoms with E-state index in [4.69, 9.17) is 10.2 Å². The van der Waals surface area contributed by atoms with Gasteiger partial charge in [-0.15, -0.1) is 0 Å². The normalized spacial score (nSPS) is 12.9. The highest BCUT2D eigenvalue weighted by molar-refractivity contribution is 6.02. The number of aromatic hydroxyl groups is 1. The lowest BCUT2D eigenvalue weighted by Crippen LogP contribution is -2.16. The predicted octanol–water partition coefficient (Wildman–Crippen LogP) is 1.37. The summed E-state index contributed by atoms with van der Waals surface area (Å²) in [6.07, 6.45) is -0.667. The van der Waals surface area contributed by atoms with Crippen LogP contribution in [0.2, 0.25) is 0 Å². The van der Waals surface area contributed by atoms with E-state index in [2.05, 4.69) is 4.99 Å². The molecule has 0 aliphatic heterocycles. The second-order valence-corrected chi connectivity index (χ2v) is 3.71. The maximum Gasteiger partial charge on any atom is 0.355 e. The fourth-order valence-electron chi connectivity index (χ4n) is 1.63. The molecule has 92 valence electrons. The fourth-order valence-corrected chi connectivity index (χ4v) is 1.63. The number of aliphatic imine (C=N–C) groups is 1. The van der Waals surface area contributed by atoms with Gasteiger partial charge in [-0.05, 0) is 16.8 Å². The molecule has 0 aliphatic carbocycles. The molecular formula is C13H11NO4. The highest BCUT2D eigenvalue weighted by Crippen LogP contribution is 2.25. The summed E-state index contributed by atoms with van der Waals surface area (Å²) in [5.41, 5.74) is 0.383. The van der Waals surface area contributed by atoms with Crippen LogP contribution in [-0.2, 0) is 4.79 Å². The second-order valence-electron chi connectivity index (χ2n) is 3.71. The molecule has 18 heavy (non-hydrogen) atoms. The number of carboxylic acid groups (broad SMARTS) is 1. The van der Waals surface area contributed by atoms with Gasteiger partial charge in [0.2, 0.25) is 6.23 Å². The van der Waals surface area contributed by atoms with Crippen LogP contribution >= 0.6 is 0 Å². The van der Waals surface area contributed by atoms with E-state index >= 15 is 0 Å². The van der Waals surface area contributed by atoms with Gasteiger partial charge in [0, 0.05) is 11.8 Å². The van der Waals surface area contributed by atoms with Crippen LogP contribution in [-0.4, -0.2) is 33.7 Å². The SMILES string of the molecule is O=C(O)C(O)/N=C/c1c(O)ccc2ccccc12. The van der Waals surface area contributed by atoms with Crippen LogP contribution in [0, 0.1) is 0 Å². The number of fused-ring (bicyclic) bond motifs is 1. The van der Waals surface area contributed by atoms with Crippen molar-refractivity contribution in [2.45, 2.75) is 6.23 Å². The first kappa shape index (κ1) is 12.1. The van der Waals surface area contributed by atoms with Gasteiger partial charge in [-0.25, -0.2) is 4.79 Å². The number of aliphatic hydroxyl groups excluding tert-OH is 1. The number of nitrogens with zero attached hydrogens (tertiary/aromatic N) is 1. The molecule has 3 N–H and O–H groups in total. The van der Waals surface area contributed by atoms with Crippen LogP contribution in [0.25, 0.3) is 10.8 Å². The molecule has 0 radical (unpaired) electrons. The summed E-state index contributed by atoms with van der Waals surface area (Å²) in [5, 5.41) is 29.0. The first-order valence-electron chi connectivity index (χ1n) is 5.24. The Balaban J connectivity index is 2.50. The quantitative estimate of drug-likeness (QED) is 0.712. The predicted molar refractivity (Wildman–Crippen MR) is 66.8 cm³/mol. The number of phenolic OH excluding ortho intramolecular Hbond substituents is 1. The van der Waals surface area contributed by atoms with E-state index in [1.807, 2.05) is 12.1 Å². The molecule has 0 heterocycles. The summed E-state index contributed by atoms with van der Waals surface area (Å²) >= 11 is 0. The first-order chi connectivity index (χ1) is 8.59. The van der Waals surface area contributed by atoms with Gasteiger partial charge in [0.25, 0.3) is 0 Å². The zero-order chi connectivity index (χ0) is 13.1. The summed E-state index contributed by atoms with van der Waals surface area (Å²) in [6.45, 7) is 0. The van der Waals surface area contributed by atoms with E-state index in [0.717, 1.165) is 17.0 Å². The Hall–Kier alpha value is -2.40. The minimum atomic E-state index is -1.83. The number of aliphatic carboxylic acids is 1. The molecule has 5 nitrogen and oxygen atoms in total. The molecule has 2 aromatic rings. The molecule has 0 fully saturated rings. The smallest absolute Gasteiger partial charge is 0.355 e. The maximum absolute atomic E-state index is 10.4. The number of hydrogen-bond donors (Lipinski definition) is 3. The Morgan fingerprint density at radius 3 is 2.67 bits per heavy atom. The third kappa shape index (κ3) is 2.31. The van der Waals surface area contributed by atoms with Gasteiger partial charge in [0.15, 0.2) is 0 Å². The monoisotopic (exact) mass is 245 g/mol. The standard InChI is InChI=1S/C13H11NO4/c15-11-6-5-8-3-1-2-4-9(8)10(11)7-14-12(16)13(17)18/h1-7,12,15-16H,(H,17,18)/b14-7+. The first-order valence-corrected chi connectivity index (χ1v) is 5.24. The Kier molecular flexibility index (Phi) is 3.25. The minimum absolute atomic E-state index is 0.0185. The van der Waals surface area contributed by atoms with Crippen molar-refractivity contribution in [1.29, 1.82) is 0 Å². The fraction of sp³-hybridized carbons (Fsp3) is 0.0769. The largest absolute Gasteiger partial charge is 0.507 e. The van der Waals surface area contributed by atoms with Gasteiger partial charge in [-0.3, -0.25) is 4.99 Å². The average molecular weight is 245 g/mol. The molecule has 0 spiro atoms. The Bertz CT molecular complexity index is 621. The molecule has 0 bridgehead atoms. The van der Waals surface area contributed by atoms with Crippen molar-refractivity contribution in [1.82, 2.24) is 0 Å². The number of hydrogen-bond acceptors (Lipinski definition) is 4. The van der Waals surface area contributed by atoms with E-state index in [-0.39, 0.29) is 5.75 Å². The summed E-state index contributed by atoms with van der Waals surface area (Å²) in [7, 11) is 0. The van der Waals surface area contributed by atoms with E-state index in [9.17, 15) is 9.90 Å². The van der Waals surface area contributed by atoms with Gasteiger partial charge in [0.1, 0.15) is 5.75 Å². The number of aliphatic hydroxyl groups is 1. The van der Waals surface area contributed by atoms with Crippen molar-refractivity contribution in [2.24, 2.45) is 4.99 Å². The van der Waals surface area contributed by atoms with Crippen LogP contribution in [0.5, 0.6) is 5.75 Å². The van der Waals surface area contributed by atoms with E-state index in [1.165, 1.54) is 6.07 Å². The lowest BCUT2D eigenvalue weighted by atomic mass is 10.0. The molecule has 5 heteroatoms. The van der Waals surface area contributed by atoms with Crippen molar-refractivity contribution in [3.63, 3.8) is 0 Å². The van der Waals surface area contributed by atoms with Gasteiger partial charge < -0.3 is 15.3 Å². The van der Waals surface area contributed by atoms with Crippen LogP contribution in [0.4, 0.5) is 0 Å². The minimum Gasteiger partial charge on any atom is -0.507 e. The molecule has 0 amide bonds. The third-order valence-electron chi connectivity index (χ3n) is 2.51. The van der Waals surface area contributed by atoms with Gasteiger partial charge in [0.05, 0.1) is 0 Å². The molecule has 0 saturated carbocycles. The average Bonchev–Trinajstić information content (AvgIpc) is 2.37. The zero-order valence-electron chi connectivity index (χ0n) is 9.32. The topological polar surface area (TPSA) is 90.1 Å². The van der Waals surface area contributed by atoms with Crippen molar-refractivity contribution in [3.8, 4) is 5.75 Å². The van der Waals surface area contributed by atoms with Crippen LogP contribution in [0.3, 0.4) is 0 Å². The molecule has 1 atom stereocenters. The second kappa shape index (κ2) is 4.85. The summed E-state index contributed by atoms with van der Waals surface area (Å²) in [6, 6.07) is 10.5. The molecule has 1 unspecified atom stereocenters. The summed E-state index contributed by atoms with van der Waals surface area (Å²) in [4.78, 5) is 13.9. The summed E-state index contributed by atoms with van der Waals surface area (Å²) in [5.74, 6) is -1.46. The number of carboxylic acids is 1. The van der Waals surface area contributed by atoms with Gasteiger partial charge >= 0.3 is 5.97 Å². The van der Waals surface area contributed by atoms with Crippen molar-refractivity contribution in [3.05, 3.63) is 42.0 Å². The van der Waals surface area contributed by atoms with Gasteiger partial charge in [-0.1, -0.05) is 30.3 Å². The zero-order valence-corrected chi connectivity index (χ0v) is 9.32. The Morgan fingerprint density at radius 2 is 1.94 bits per heavy atom. The molecule has 0 saturated heterocycles.